The van der Waals surface area contributed by atoms with Gasteiger partial charge in [-0.05, 0) is 12.5 Å². The van der Waals surface area contributed by atoms with Gasteiger partial charge in [0.2, 0.25) is 0 Å². The Bertz CT molecular complexity index is 1270. The number of rotatable bonds is 8. The maximum absolute atomic E-state index is 12.9. The number of halogens is 1. The number of nitrogen functional groups attached to an aromatic ring is 1. The van der Waals surface area contributed by atoms with Gasteiger partial charge in [-0.3, -0.25) is 14.5 Å². The van der Waals surface area contributed by atoms with Gasteiger partial charge in [0.25, 0.3) is 11.8 Å². The molecule has 35 heavy (non-hydrogen) atoms. The number of nitrogens with zero attached hydrogens (tertiary/aromatic N) is 6. The molecule has 2 aliphatic rings. The van der Waals surface area contributed by atoms with E-state index in [0.717, 1.165) is 17.2 Å². The van der Waals surface area contributed by atoms with Crippen LogP contribution in [0.15, 0.2) is 21.6 Å². The molecule has 0 spiro atoms. The summed E-state index contributed by atoms with van der Waals surface area (Å²) < 4.78 is 1.94. The van der Waals surface area contributed by atoms with Crippen LogP contribution in [0.2, 0.25) is 4.34 Å². The fourth-order valence-electron chi connectivity index (χ4n) is 3.42. The third kappa shape index (κ3) is 4.70. The standard InChI is InChI=1S/C18H19ClN8O5S3/c1-6-23-24-18(26(6)2)34-5-7-4-33-15-10(14(29)27(15)11(7)16(30)31)21-13(28)9(25-32-3)8-12(19)35-17(20)22-8/h10,15H,4-5H2,1-3H3,(H2,20,22)(H,21,28)(H,30,31)/b25-9+/t10?,15-/m1/s1. The third-order valence-corrected chi connectivity index (χ3v) is 8.72. The van der Waals surface area contributed by atoms with Gasteiger partial charge >= 0.3 is 5.97 Å². The van der Waals surface area contributed by atoms with Gasteiger partial charge in [0.1, 0.15) is 40.1 Å². The normalized spacial score (nSPS) is 19.9. The molecule has 0 radical (unpaired) electrons. The van der Waals surface area contributed by atoms with Crippen LogP contribution in [-0.2, 0) is 26.3 Å². The number of amides is 2. The highest BCUT2D eigenvalue weighted by Crippen LogP contribution is 2.41. The minimum atomic E-state index is -1.22. The first-order valence-electron chi connectivity index (χ1n) is 9.87. The molecule has 0 aliphatic carbocycles. The number of hydrogen-bond acceptors (Lipinski definition) is 12. The summed E-state index contributed by atoms with van der Waals surface area (Å²) in [5.41, 5.74) is 5.92. The summed E-state index contributed by atoms with van der Waals surface area (Å²) in [5.74, 6) is -1.11. The second kappa shape index (κ2) is 10.0. The molecule has 0 saturated carbocycles. The SMILES string of the molecule is CO/N=C(/C(=O)NC1C(=O)N2C(C(=O)O)=C(CSc3nnc(C)n3C)CS[C@H]12)c1nc(N)sc1Cl. The van der Waals surface area contributed by atoms with E-state index in [4.69, 9.17) is 22.2 Å². The van der Waals surface area contributed by atoms with Crippen LogP contribution in [0, 0.1) is 6.92 Å². The Balaban J connectivity index is 1.51. The summed E-state index contributed by atoms with van der Waals surface area (Å²) in [6.07, 6.45) is 0. The zero-order chi connectivity index (χ0) is 25.4. The van der Waals surface area contributed by atoms with Crippen LogP contribution in [-0.4, -0.2) is 83.3 Å². The second-order valence-electron chi connectivity index (χ2n) is 7.29. The average molecular weight is 559 g/mol. The van der Waals surface area contributed by atoms with E-state index < -0.39 is 29.2 Å². The van der Waals surface area contributed by atoms with E-state index in [1.807, 2.05) is 14.0 Å². The highest BCUT2D eigenvalue weighted by Gasteiger charge is 2.54. The number of nitrogens with one attached hydrogen (secondary N) is 1. The highest BCUT2D eigenvalue weighted by atomic mass is 35.5. The number of carbonyl (C=O) groups excluding carboxylic acids is 2. The molecule has 1 fully saturated rings. The Morgan fingerprint density at radius 2 is 2.17 bits per heavy atom. The molecule has 2 aliphatic heterocycles. The average Bonchev–Trinajstić information content (AvgIpc) is 3.32. The maximum Gasteiger partial charge on any atom is 0.352 e. The monoisotopic (exact) mass is 558 g/mol. The Morgan fingerprint density at radius 3 is 2.74 bits per heavy atom. The van der Waals surface area contributed by atoms with E-state index in [1.165, 1.54) is 35.5 Å². The van der Waals surface area contributed by atoms with Gasteiger partial charge in [0, 0.05) is 18.6 Å². The molecule has 1 saturated heterocycles. The molecule has 2 amide bonds. The largest absolute Gasteiger partial charge is 0.477 e. The van der Waals surface area contributed by atoms with Crippen LogP contribution in [0.3, 0.4) is 0 Å². The van der Waals surface area contributed by atoms with Crippen LogP contribution < -0.4 is 11.1 Å². The fourth-order valence-corrected chi connectivity index (χ4v) is 6.79. The predicted molar refractivity (Wildman–Crippen MR) is 131 cm³/mol. The number of aliphatic carboxylic acids is 1. The summed E-state index contributed by atoms with van der Waals surface area (Å²) in [7, 11) is 3.06. The Kier molecular flexibility index (Phi) is 7.25. The minimum absolute atomic E-state index is 0.0258. The number of thioether (sulfide) groups is 2. The van der Waals surface area contributed by atoms with Gasteiger partial charge in [-0.1, -0.05) is 39.9 Å². The molecule has 2 aromatic rings. The maximum atomic E-state index is 12.9. The number of anilines is 1. The molecular weight excluding hydrogens is 540 g/mol. The first-order chi connectivity index (χ1) is 16.6. The van der Waals surface area contributed by atoms with E-state index in [-0.39, 0.29) is 26.6 Å². The lowest BCUT2D eigenvalue weighted by atomic mass is 10.0. The van der Waals surface area contributed by atoms with Crippen molar-refractivity contribution in [2.24, 2.45) is 12.2 Å². The van der Waals surface area contributed by atoms with Crippen LogP contribution in [0.5, 0.6) is 0 Å². The second-order valence-corrected chi connectivity index (χ2v) is 11.0. The summed E-state index contributed by atoms with van der Waals surface area (Å²) in [4.78, 5) is 47.9. The van der Waals surface area contributed by atoms with Gasteiger partial charge in [-0.2, -0.15) is 0 Å². The lowest BCUT2D eigenvalue weighted by Gasteiger charge is -2.49. The Morgan fingerprint density at radius 1 is 1.43 bits per heavy atom. The number of β-lactam (4-membered cyclic amide) rings is 1. The minimum Gasteiger partial charge on any atom is -0.477 e. The molecule has 4 heterocycles. The van der Waals surface area contributed by atoms with E-state index in [0.29, 0.717) is 22.2 Å². The quantitative estimate of drug-likeness (QED) is 0.180. The van der Waals surface area contributed by atoms with Crippen molar-refractivity contribution >= 4 is 75.1 Å². The third-order valence-electron chi connectivity index (χ3n) is 5.19. The number of fused-ring (bicyclic) bond motifs is 1. The Hall–Kier alpha value is -2.82. The molecule has 186 valence electrons. The summed E-state index contributed by atoms with van der Waals surface area (Å²) in [6.45, 7) is 1.81. The van der Waals surface area contributed by atoms with Gasteiger partial charge < -0.3 is 25.6 Å². The zero-order valence-electron chi connectivity index (χ0n) is 18.5. The summed E-state index contributed by atoms with van der Waals surface area (Å²) in [6, 6.07) is -0.964. The van der Waals surface area contributed by atoms with Crippen molar-refractivity contribution in [3.05, 3.63) is 27.1 Å². The molecule has 17 heteroatoms. The van der Waals surface area contributed by atoms with Gasteiger partial charge in [-0.15, -0.1) is 22.0 Å². The topological polar surface area (TPSA) is 178 Å². The lowest BCUT2D eigenvalue weighted by molar-refractivity contribution is -0.150. The van der Waals surface area contributed by atoms with Crippen molar-refractivity contribution in [3.63, 3.8) is 0 Å². The van der Waals surface area contributed by atoms with Gasteiger partial charge in [-0.25, -0.2) is 9.78 Å². The first-order valence-corrected chi connectivity index (χ1v) is 13.1. The summed E-state index contributed by atoms with van der Waals surface area (Å²) >= 11 is 9.74. The van der Waals surface area contributed by atoms with Crippen molar-refractivity contribution in [2.45, 2.75) is 23.5 Å². The number of carboxylic acid groups (broad SMARTS) is 1. The van der Waals surface area contributed by atoms with Crippen LogP contribution in [0.4, 0.5) is 5.13 Å². The molecule has 4 rings (SSSR count). The van der Waals surface area contributed by atoms with Gasteiger partial charge in [0.15, 0.2) is 16.0 Å². The molecule has 13 nitrogen and oxygen atoms in total. The number of carboxylic acids is 1. The lowest BCUT2D eigenvalue weighted by Crippen LogP contribution is -2.71. The molecular formula is C18H19ClN8O5S3. The molecule has 4 N–H and O–H groups in total. The number of hydrogen-bond donors (Lipinski definition) is 3. The highest BCUT2D eigenvalue weighted by molar-refractivity contribution is 8.01. The van der Waals surface area contributed by atoms with Crippen molar-refractivity contribution in [2.75, 3.05) is 24.3 Å². The van der Waals surface area contributed by atoms with Crippen LogP contribution in [0.25, 0.3) is 0 Å². The van der Waals surface area contributed by atoms with E-state index >= 15 is 0 Å². The predicted octanol–water partition coefficient (Wildman–Crippen LogP) is 0.697. The number of aryl methyl sites for hydroxylation is 1. The van der Waals surface area contributed by atoms with E-state index in [2.05, 4.69) is 25.7 Å². The number of nitrogens with two attached hydrogens (primary N) is 1. The number of oxime groups is 1. The fraction of sp³-hybridized carbons (Fsp3) is 0.389. The molecule has 0 aromatic carbocycles. The van der Waals surface area contributed by atoms with Crippen molar-refractivity contribution in [3.8, 4) is 0 Å². The van der Waals surface area contributed by atoms with Crippen LogP contribution in [0.1, 0.15) is 11.5 Å². The van der Waals surface area contributed by atoms with Crippen molar-refractivity contribution in [1.82, 2.24) is 30.0 Å². The molecule has 2 atom stereocenters. The number of thiazole rings is 1. The Labute approximate surface area is 216 Å². The smallest absolute Gasteiger partial charge is 0.352 e. The van der Waals surface area contributed by atoms with E-state index in [9.17, 15) is 19.5 Å². The van der Waals surface area contributed by atoms with Crippen LogP contribution >= 0.6 is 46.5 Å². The van der Waals surface area contributed by atoms with Crippen molar-refractivity contribution < 1.29 is 24.3 Å². The molecule has 2 aromatic heterocycles. The van der Waals surface area contributed by atoms with Gasteiger partial charge in [0.05, 0.1) is 0 Å². The van der Waals surface area contributed by atoms with E-state index in [1.54, 1.807) is 4.57 Å². The van der Waals surface area contributed by atoms with Crippen molar-refractivity contribution in [1.29, 1.82) is 0 Å². The molecule has 1 unspecified atom stereocenters. The first kappa shape index (κ1) is 25.3. The summed E-state index contributed by atoms with van der Waals surface area (Å²) in [5, 5.41) is 24.4. The number of carbonyl (C=O) groups is 3. The number of aromatic nitrogens is 4. The zero-order valence-corrected chi connectivity index (χ0v) is 21.7. The molecule has 0 bridgehead atoms.